The molecule has 0 fully saturated rings. The molecule has 0 spiro atoms. The van der Waals surface area contributed by atoms with E-state index < -0.39 is 0 Å². The summed E-state index contributed by atoms with van der Waals surface area (Å²) in [5.41, 5.74) is 2.73. The predicted octanol–water partition coefficient (Wildman–Crippen LogP) is 4.96. The van der Waals surface area contributed by atoms with Crippen LogP contribution in [0.4, 0.5) is 5.69 Å². The Morgan fingerprint density at radius 1 is 1.15 bits per heavy atom. The van der Waals surface area contributed by atoms with Gasteiger partial charge in [0.15, 0.2) is 11.0 Å². The highest BCUT2D eigenvalue weighted by atomic mass is 35.5. The number of hydrogen-bond acceptors (Lipinski definition) is 2. The van der Waals surface area contributed by atoms with E-state index in [2.05, 4.69) is 5.32 Å². The van der Waals surface area contributed by atoms with Gasteiger partial charge in [0.05, 0.1) is 0 Å². The Labute approximate surface area is 127 Å². The third-order valence-electron chi connectivity index (χ3n) is 3.11. The van der Waals surface area contributed by atoms with Gasteiger partial charge >= 0.3 is 0 Å². The first-order valence-electron chi connectivity index (χ1n) is 6.43. The molecule has 0 aliphatic rings. The van der Waals surface area contributed by atoms with Gasteiger partial charge in [0.25, 0.3) is 5.91 Å². The summed E-state index contributed by atoms with van der Waals surface area (Å²) >= 11 is 11.9. The van der Waals surface area contributed by atoms with Crippen LogP contribution in [0.1, 0.15) is 35.5 Å². The zero-order valence-corrected chi connectivity index (χ0v) is 12.8. The second-order valence-corrected chi connectivity index (χ2v) is 5.10. The van der Waals surface area contributed by atoms with E-state index in [9.17, 15) is 4.79 Å². The Morgan fingerprint density at radius 3 is 2.45 bits per heavy atom. The lowest BCUT2D eigenvalue weighted by Crippen LogP contribution is -2.14. The maximum absolute atomic E-state index is 12.2. The number of aryl methyl sites for hydroxylation is 1. The molecule has 106 valence electrons. The molecule has 5 heteroatoms. The van der Waals surface area contributed by atoms with Gasteiger partial charge in [-0.2, -0.15) is 0 Å². The van der Waals surface area contributed by atoms with Crippen molar-refractivity contribution in [2.45, 2.75) is 26.7 Å². The van der Waals surface area contributed by atoms with E-state index in [1.165, 1.54) is 6.07 Å². The lowest BCUT2D eigenvalue weighted by atomic mass is 10.0. The van der Waals surface area contributed by atoms with E-state index in [0.29, 0.717) is 5.02 Å². The van der Waals surface area contributed by atoms with Crippen molar-refractivity contribution in [3.63, 3.8) is 0 Å². The smallest absolute Gasteiger partial charge is 0.291 e. The average molecular weight is 312 g/mol. The van der Waals surface area contributed by atoms with E-state index >= 15 is 0 Å². The van der Waals surface area contributed by atoms with Gasteiger partial charge in [-0.15, -0.1) is 0 Å². The average Bonchev–Trinajstić information content (AvgIpc) is 2.86. The molecule has 1 aromatic carbocycles. The summed E-state index contributed by atoms with van der Waals surface area (Å²) in [5.74, 6) is -0.150. The second kappa shape index (κ2) is 6.33. The number of amides is 1. The Bertz CT molecular complexity index is 635. The number of hydrogen-bond donors (Lipinski definition) is 1. The molecule has 0 atom stereocenters. The molecule has 0 saturated heterocycles. The third-order valence-corrected chi connectivity index (χ3v) is 3.67. The van der Waals surface area contributed by atoms with E-state index in [1.807, 2.05) is 26.0 Å². The minimum atomic E-state index is -0.330. The number of rotatable bonds is 4. The summed E-state index contributed by atoms with van der Waals surface area (Å²) in [4.78, 5) is 12.2. The van der Waals surface area contributed by atoms with E-state index in [1.54, 1.807) is 6.07 Å². The number of benzene rings is 1. The van der Waals surface area contributed by atoms with Crippen LogP contribution >= 0.6 is 23.2 Å². The molecule has 2 aromatic rings. The molecule has 0 aliphatic carbocycles. The largest absolute Gasteiger partial charge is 0.440 e. The summed E-state index contributed by atoms with van der Waals surface area (Å²) in [6.07, 6.45) is 1.54. The fourth-order valence-electron chi connectivity index (χ4n) is 2.08. The van der Waals surface area contributed by atoms with Gasteiger partial charge in [0.1, 0.15) is 0 Å². The fraction of sp³-hybridized carbons (Fsp3) is 0.267. The van der Waals surface area contributed by atoms with Crippen molar-refractivity contribution in [2.24, 2.45) is 0 Å². The highest BCUT2D eigenvalue weighted by Gasteiger charge is 2.16. The Hall–Kier alpha value is -1.45. The Morgan fingerprint density at radius 2 is 1.90 bits per heavy atom. The van der Waals surface area contributed by atoms with Crippen LogP contribution in [-0.2, 0) is 12.8 Å². The molecule has 2 rings (SSSR count). The number of anilines is 1. The molecule has 20 heavy (non-hydrogen) atoms. The van der Waals surface area contributed by atoms with Gasteiger partial charge in [0.2, 0.25) is 0 Å². The van der Waals surface area contributed by atoms with Gasteiger partial charge in [-0.3, -0.25) is 4.79 Å². The van der Waals surface area contributed by atoms with Crippen LogP contribution in [0.25, 0.3) is 0 Å². The minimum absolute atomic E-state index is 0.180. The lowest BCUT2D eigenvalue weighted by Gasteiger charge is -2.15. The molecule has 0 unspecified atom stereocenters. The summed E-state index contributed by atoms with van der Waals surface area (Å²) in [7, 11) is 0. The minimum Gasteiger partial charge on any atom is -0.440 e. The SMILES string of the molecule is CCc1ccc(Cl)c(CC)c1NC(=O)c1ccc(Cl)o1. The summed E-state index contributed by atoms with van der Waals surface area (Å²) in [5, 5.41) is 3.71. The molecule has 1 amide bonds. The van der Waals surface area contributed by atoms with Crippen LogP contribution in [0.2, 0.25) is 10.2 Å². The van der Waals surface area contributed by atoms with Crippen LogP contribution in [0, 0.1) is 0 Å². The van der Waals surface area contributed by atoms with Crippen molar-refractivity contribution in [2.75, 3.05) is 5.32 Å². The fourth-order valence-corrected chi connectivity index (χ4v) is 2.52. The van der Waals surface area contributed by atoms with Crippen LogP contribution in [0.5, 0.6) is 0 Å². The zero-order chi connectivity index (χ0) is 14.7. The summed E-state index contributed by atoms with van der Waals surface area (Å²) < 4.78 is 5.12. The lowest BCUT2D eigenvalue weighted by molar-refractivity contribution is 0.0996. The van der Waals surface area contributed by atoms with Crippen LogP contribution < -0.4 is 5.32 Å². The first kappa shape index (κ1) is 14.9. The maximum Gasteiger partial charge on any atom is 0.291 e. The maximum atomic E-state index is 12.2. The van der Waals surface area contributed by atoms with Crippen molar-refractivity contribution < 1.29 is 9.21 Å². The second-order valence-electron chi connectivity index (χ2n) is 4.33. The van der Waals surface area contributed by atoms with E-state index in [4.69, 9.17) is 27.6 Å². The number of nitrogens with one attached hydrogen (secondary N) is 1. The van der Waals surface area contributed by atoms with Crippen molar-refractivity contribution >= 4 is 34.8 Å². The zero-order valence-electron chi connectivity index (χ0n) is 11.3. The van der Waals surface area contributed by atoms with Gasteiger partial charge < -0.3 is 9.73 Å². The highest BCUT2D eigenvalue weighted by Crippen LogP contribution is 2.30. The summed E-state index contributed by atoms with van der Waals surface area (Å²) in [6.45, 7) is 4.03. The summed E-state index contributed by atoms with van der Waals surface area (Å²) in [6, 6.07) is 6.86. The van der Waals surface area contributed by atoms with E-state index in [0.717, 1.165) is 29.7 Å². The molecule has 0 saturated carbocycles. The highest BCUT2D eigenvalue weighted by molar-refractivity contribution is 6.32. The normalized spacial score (nSPS) is 10.6. The van der Waals surface area contributed by atoms with Crippen LogP contribution in [0.15, 0.2) is 28.7 Å². The number of carbonyl (C=O) groups excluding carboxylic acids is 1. The van der Waals surface area contributed by atoms with Crippen molar-refractivity contribution in [3.05, 3.63) is 51.4 Å². The first-order chi connectivity index (χ1) is 9.56. The molecular weight excluding hydrogens is 297 g/mol. The molecule has 1 N–H and O–H groups in total. The molecule has 1 aromatic heterocycles. The molecular formula is C15H15Cl2NO2. The predicted molar refractivity (Wildman–Crippen MR) is 81.9 cm³/mol. The topological polar surface area (TPSA) is 42.2 Å². The van der Waals surface area contributed by atoms with Gasteiger partial charge in [-0.05, 0) is 53.8 Å². The van der Waals surface area contributed by atoms with Gasteiger partial charge in [-0.25, -0.2) is 0 Å². The number of carbonyl (C=O) groups is 1. The molecule has 0 radical (unpaired) electrons. The van der Waals surface area contributed by atoms with Crippen LogP contribution in [0.3, 0.4) is 0 Å². The van der Waals surface area contributed by atoms with E-state index in [-0.39, 0.29) is 16.9 Å². The van der Waals surface area contributed by atoms with Gasteiger partial charge in [-0.1, -0.05) is 31.5 Å². The quantitative estimate of drug-likeness (QED) is 0.866. The Balaban J connectivity index is 2.37. The first-order valence-corrected chi connectivity index (χ1v) is 7.19. The Kier molecular flexibility index (Phi) is 4.73. The van der Waals surface area contributed by atoms with Crippen LogP contribution in [-0.4, -0.2) is 5.91 Å². The molecule has 0 aliphatic heterocycles. The third kappa shape index (κ3) is 3.00. The molecule has 3 nitrogen and oxygen atoms in total. The van der Waals surface area contributed by atoms with Crippen molar-refractivity contribution in [1.29, 1.82) is 0 Å². The molecule has 1 heterocycles. The number of furan rings is 1. The number of halogens is 2. The standard InChI is InChI=1S/C15H15Cl2NO2/c1-3-9-5-6-11(16)10(4-2)14(9)18-15(19)12-7-8-13(17)20-12/h5-8H,3-4H2,1-2H3,(H,18,19). The van der Waals surface area contributed by atoms with Crippen molar-refractivity contribution in [1.82, 2.24) is 0 Å². The molecule has 0 bridgehead atoms. The monoisotopic (exact) mass is 311 g/mol. The van der Waals surface area contributed by atoms with Gasteiger partial charge in [0, 0.05) is 10.7 Å². The van der Waals surface area contributed by atoms with Crippen molar-refractivity contribution in [3.8, 4) is 0 Å².